The van der Waals surface area contributed by atoms with E-state index >= 15 is 0 Å². The molecule has 1 aromatic rings. The fraction of sp³-hybridized carbons (Fsp3) is 0.571. The minimum absolute atomic E-state index is 0.0472. The molecule has 0 spiro atoms. The maximum atomic E-state index is 11.1. The van der Waals surface area contributed by atoms with E-state index in [1.54, 1.807) is 0 Å². The first-order valence-corrected chi connectivity index (χ1v) is 8.88. The third-order valence-corrected chi connectivity index (χ3v) is 4.26. The maximum Gasteiger partial charge on any atom is 0.150 e. The van der Waals surface area contributed by atoms with E-state index in [0.29, 0.717) is 0 Å². The second-order valence-corrected chi connectivity index (χ2v) is 7.42. The second-order valence-electron chi connectivity index (χ2n) is 5.16. The Morgan fingerprint density at radius 1 is 1.30 bits per heavy atom. The predicted octanol–water partition coefficient (Wildman–Crippen LogP) is 0.828. The van der Waals surface area contributed by atoms with Gasteiger partial charge in [0.1, 0.15) is 12.4 Å². The van der Waals surface area contributed by atoms with Crippen LogP contribution in [0.3, 0.4) is 0 Å². The molecule has 0 bridgehead atoms. The summed E-state index contributed by atoms with van der Waals surface area (Å²) in [5.41, 5.74) is 2.38. The molecule has 1 aliphatic rings. The standard InChI is InChI=1S/C14H22N2O3S/c1-12-11-13(19-9-10-20(2,17)18)3-4-14(12)16-7-5-15-6-8-16/h3-4,11,15H,5-10H2,1-2H3. The summed E-state index contributed by atoms with van der Waals surface area (Å²) in [7, 11) is -2.97. The number of hydrogen-bond donors (Lipinski definition) is 1. The van der Waals surface area contributed by atoms with Crippen LogP contribution < -0.4 is 15.0 Å². The van der Waals surface area contributed by atoms with Crippen LogP contribution in [0.2, 0.25) is 0 Å². The molecular weight excluding hydrogens is 276 g/mol. The fourth-order valence-electron chi connectivity index (χ4n) is 2.29. The second kappa shape index (κ2) is 6.45. The highest BCUT2D eigenvalue weighted by molar-refractivity contribution is 7.90. The van der Waals surface area contributed by atoms with Crippen molar-refractivity contribution in [2.24, 2.45) is 0 Å². The number of piperazine rings is 1. The third kappa shape index (κ3) is 4.38. The number of anilines is 1. The molecule has 0 amide bonds. The SMILES string of the molecule is Cc1cc(OCCS(C)(=O)=O)ccc1N1CCNCC1. The zero-order valence-corrected chi connectivity index (χ0v) is 12.9. The largest absolute Gasteiger partial charge is 0.493 e. The van der Waals surface area contributed by atoms with Gasteiger partial charge in [-0.15, -0.1) is 0 Å². The smallest absolute Gasteiger partial charge is 0.150 e. The van der Waals surface area contributed by atoms with E-state index in [1.807, 2.05) is 12.1 Å². The van der Waals surface area contributed by atoms with Gasteiger partial charge in [-0.2, -0.15) is 0 Å². The summed E-state index contributed by atoms with van der Waals surface area (Å²) < 4.78 is 27.6. The summed E-state index contributed by atoms with van der Waals surface area (Å²) in [5, 5.41) is 3.33. The van der Waals surface area contributed by atoms with Crippen molar-refractivity contribution in [2.75, 3.05) is 49.7 Å². The molecule has 0 aliphatic carbocycles. The zero-order chi connectivity index (χ0) is 14.6. The molecule has 1 heterocycles. The van der Waals surface area contributed by atoms with Crippen LogP contribution in [0.1, 0.15) is 5.56 Å². The van der Waals surface area contributed by atoms with Gasteiger partial charge in [0.25, 0.3) is 0 Å². The summed E-state index contributed by atoms with van der Waals surface area (Å²) in [4.78, 5) is 2.35. The van der Waals surface area contributed by atoms with Gasteiger partial charge < -0.3 is 15.0 Å². The van der Waals surface area contributed by atoms with Gasteiger partial charge in [-0.3, -0.25) is 0 Å². The van der Waals surface area contributed by atoms with Gasteiger partial charge in [0.05, 0.1) is 5.75 Å². The van der Waals surface area contributed by atoms with Gasteiger partial charge in [-0.25, -0.2) is 8.42 Å². The number of benzene rings is 1. The van der Waals surface area contributed by atoms with Crippen LogP contribution in [0, 0.1) is 6.92 Å². The lowest BCUT2D eigenvalue weighted by molar-refractivity contribution is 0.341. The Hall–Kier alpha value is -1.27. The monoisotopic (exact) mass is 298 g/mol. The molecule has 0 atom stereocenters. The lowest BCUT2D eigenvalue weighted by Crippen LogP contribution is -2.43. The number of rotatable bonds is 5. The number of aryl methyl sites for hydroxylation is 1. The Morgan fingerprint density at radius 3 is 2.60 bits per heavy atom. The topological polar surface area (TPSA) is 58.6 Å². The number of ether oxygens (including phenoxy) is 1. The normalized spacial score (nSPS) is 16.2. The first-order chi connectivity index (χ1) is 9.46. The molecule has 1 fully saturated rings. The molecule has 1 saturated heterocycles. The Morgan fingerprint density at radius 2 is 2.00 bits per heavy atom. The minimum atomic E-state index is -2.97. The van der Waals surface area contributed by atoms with Crippen molar-refractivity contribution in [2.45, 2.75) is 6.92 Å². The lowest BCUT2D eigenvalue weighted by atomic mass is 10.1. The molecule has 0 aromatic heterocycles. The van der Waals surface area contributed by atoms with Crippen LogP contribution in [0.4, 0.5) is 5.69 Å². The van der Waals surface area contributed by atoms with Gasteiger partial charge >= 0.3 is 0 Å². The molecule has 1 N–H and O–H groups in total. The Balaban J connectivity index is 1.98. The van der Waals surface area contributed by atoms with E-state index in [4.69, 9.17) is 4.74 Å². The predicted molar refractivity (Wildman–Crippen MR) is 81.5 cm³/mol. The van der Waals surface area contributed by atoms with Gasteiger partial charge in [-0.1, -0.05) is 0 Å². The summed E-state index contributed by atoms with van der Waals surface area (Å²) >= 11 is 0. The van der Waals surface area contributed by atoms with Crippen LogP contribution in [0.25, 0.3) is 0 Å². The quantitative estimate of drug-likeness (QED) is 0.872. The third-order valence-electron chi connectivity index (χ3n) is 3.35. The highest BCUT2D eigenvalue weighted by Gasteiger charge is 2.13. The van der Waals surface area contributed by atoms with E-state index in [1.165, 1.54) is 11.9 Å². The van der Waals surface area contributed by atoms with Crippen molar-refractivity contribution in [1.29, 1.82) is 0 Å². The number of nitrogens with zero attached hydrogens (tertiary/aromatic N) is 1. The van der Waals surface area contributed by atoms with Gasteiger partial charge in [0.2, 0.25) is 0 Å². The van der Waals surface area contributed by atoms with Crippen molar-refractivity contribution in [3.8, 4) is 5.75 Å². The fourth-order valence-corrected chi connectivity index (χ4v) is 2.68. The molecule has 20 heavy (non-hydrogen) atoms. The molecular formula is C14H22N2O3S. The number of hydrogen-bond acceptors (Lipinski definition) is 5. The van der Waals surface area contributed by atoms with Crippen molar-refractivity contribution in [1.82, 2.24) is 5.32 Å². The van der Waals surface area contributed by atoms with Crippen molar-refractivity contribution in [3.05, 3.63) is 23.8 Å². The van der Waals surface area contributed by atoms with Gasteiger partial charge in [-0.05, 0) is 30.7 Å². The van der Waals surface area contributed by atoms with Crippen LogP contribution in [-0.2, 0) is 9.84 Å². The summed E-state index contributed by atoms with van der Waals surface area (Å²) in [6.07, 6.45) is 1.22. The number of nitrogens with one attached hydrogen (secondary N) is 1. The molecule has 112 valence electrons. The molecule has 2 rings (SSSR count). The van der Waals surface area contributed by atoms with Gasteiger partial charge in [0.15, 0.2) is 9.84 Å². The molecule has 0 radical (unpaired) electrons. The molecule has 1 aliphatic heterocycles. The highest BCUT2D eigenvalue weighted by Crippen LogP contribution is 2.25. The first kappa shape index (κ1) is 15.1. The maximum absolute atomic E-state index is 11.1. The average molecular weight is 298 g/mol. The van der Waals surface area contributed by atoms with E-state index < -0.39 is 9.84 Å². The van der Waals surface area contributed by atoms with E-state index in [2.05, 4.69) is 23.2 Å². The Bertz CT molecular complexity index is 552. The molecule has 5 nitrogen and oxygen atoms in total. The zero-order valence-electron chi connectivity index (χ0n) is 12.1. The van der Waals surface area contributed by atoms with E-state index in [0.717, 1.165) is 37.5 Å². The van der Waals surface area contributed by atoms with Gasteiger partial charge in [0, 0.05) is 38.1 Å². The molecule has 0 saturated carbocycles. The average Bonchev–Trinajstić information content (AvgIpc) is 2.38. The highest BCUT2D eigenvalue weighted by atomic mass is 32.2. The Labute approximate surface area is 120 Å². The lowest BCUT2D eigenvalue weighted by Gasteiger charge is -2.30. The number of sulfone groups is 1. The Kier molecular flexibility index (Phi) is 4.88. The minimum Gasteiger partial charge on any atom is -0.493 e. The van der Waals surface area contributed by atoms with Crippen LogP contribution in [0.15, 0.2) is 18.2 Å². The summed E-state index contributed by atoms with van der Waals surface area (Å²) in [6.45, 7) is 6.29. The summed E-state index contributed by atoms with van der Waals surface area (Å²) in [5.74, 6) is 0.774. The molecule has 1 aromatic carbocycles. The van der Waals surface area contributed by atoms with Crippen LogP contribution in [0.5, 0.6) is 5.75 Å². The van der Waals surface area contributed by atoms with Crippen LogP contribution >= 0.6 is 0 Å². The van der Waals surface area contributed by atoms with Crippen molar-refractivity contribution in [3.63, 3.8) is 0 Å². The van der Waals surface area contributed by atoms with Crippen molar-refractivity contribution >= 4 is 15.5 Å². The molecule has 0 unspecified atom stereocenters. The van der Waals surface area contributed by atoms with Crippen molar-refractivity contribution < 1.29 is 13.2 Å². The van der Waals surface area contributed by atoms with Crippen LogP contribution in [-0.4, -0.2) is 53.2 Å². The molecule has 6 heteroatoms. The van der Waals surface area contributed by atoms with E-state index in [9.17, 15) is 8.42 Å². The first-order valence-electron chi connectivity index (χ1n) is 6.82. The van der Waals surface area contributed by atoms with E-state index in [-0.39, 0.29) is 12.4 Å². The summed E-state index contributed by atoms with van der Waals surface area (Å²) in [6, 6.07) is 5.93.